The molecule has 2 aromatic heterocycles. The van der Waals surface area contributed by atoms with Gasteiger partial charge in [-0.3, -0.25) is 5.43 Å². The molecule has 0 amide bonds. The molecule has 1 N–H and O–H groups in total. The fourth-order valence-corrected chi connectivity index (χ4v) is 2.14. The largest absolute Gasteiger partial charge is 0.278 e. The van der Waals surface area contributed by atoms with Gasteiger partial charge in [0.15, 0.2) is 5.65 Å². The molecule has 1 aromatic carbocycles. The lowest BCUT2D eigenvalue weighted by atomic mass is 10.2. The van der Waals surface area contributed by atoms with E-state index in [0.29, 0.717) is 22.7 Å². The molecule has 0 spiro atoms. The van der Waals surface area contributed by atoms with E-state index in [1.165, 1.54) is 12.1 Å². The van der Waals surface area contributed by atoms with Crippen LogP contribution >= 0.6 is 0 Å². The molecule has 0 unspecified atom stereocenters. The minimum Gasteiger partial charge on any atom is -0.278 e. The van der Waals surface area contributed by atoms with E-state index in [1.54, 1.807) is 16.6 Å². The van der Waals surface area contributed by atoms with Gasteiger partial charge >= 0.3 is 0 Å². The van der Waals surface area contributed by atoms with Gasteiger partial charge < -0.3 is 0 Å². The Morgan fingerprint density at radius 2 is 1.91 bits per heavy atom. The second-order valence-corrected chi connectivity index (χ2v) is 5.01. The molecule has 0 aliphatic heterocycles. The van der Waals surface area contributed by atoms with Crippen molar-refractivity contribution >= 4 is 17.0 Å². The van der Waals surface area contributed by atoms with Crippen LogP contribution in [-0.2, 0) is 0 Å². The second-order valence-electron chi connectivity index (χ2n) is 5.01. The summed E-state index contributed by atoms with van der Waals surface area (Å²) in [5.41, 5.74) is 7.35. The Labute approximate surface area is 126 Å². The van der Waals surface area contributed by atoms with Crippen LogP contribution in [0.15, 0.2) is 35.4 Å². The number of hydrogen-bond acceptors (Lipinski definition) is 5. The molecule has 0 saturated heterocycles. The third-order valence-corrected chi connectivity index (χ3v) is 3.27. The summed E-state index contributed by atoms with van der Waals surface area (Å²) < 4.78 is 14.6. The molecule has 2 heterocycles. The number of nitrogens with zero attached hydrogens (tertiary/aromatic N) is 5. The van der Waals surface area contributed by atoms with E-state index >= 15 is 0 Å². The maximum Gasteiger partial charge on any atom is 0.177 e. The highest BCUT2D eigenvalue weighted by molar-refractivity contribution is 5.98. The SMILES string of the molecule is C/C(=N/Nc1ccc(F)cc1)c1nnc2cc(C)nn2c1C. The van der Waals surface area contributed by atoms with Gasteiger partial charge in [0.2, 0.25) is 0 Å². The maximum atomic E-state index is 12.9. The summed E-state index contributed by atoms with van der Waals surface area (Å²) >= 11 is 0. The van der Waals surface area contributed by atoms with Crippen molar-refractivity contribution in [3.63, 3.8) is 0 Å². The van der Waals surface area contributed by atoms with Crippen LogP contribution in [0.2, 0.25) is 0 Å². The number of halogens is 1. The van der Waals surface area contributed by atoms with E-state index < -0.39 is 0 Å². The average molecular weight is 298 g/mol. The third kappa shape index (κ3) is 2.65. The Hall–Kier alpha value is -2.83. The van der Waals surface area contributed by atoms with Gasteiger partial charge in [-0.15, -0.1) is 10.2 Å². The highest BCUT2D eigenvalue weighted by atomic mass is 19.1. The van der Waals surface area contributed by atoms with Gasteiger partial charge in [-0.25, -0.2) is 8.91 Å². The van der Waals surface area contributed by atoms with Gasteiger partial charge in [-0.05, 0) is 45.0 Å². The van der Waals surface area contributed by atoms with Crippen LogP contribution in [0.5, 0.6) is 0 Å². The normalized spacial score (nSPS) is 11.9. The second kappa shape index (κ2) is 5.51. The predicted octanol–water partition coefficient (Wildman–Crippen LogP) is 2.72. The van der Waals surface area contributed by atoms with Gasteiger partial charge in [0.25, 0.3) is 0 Å². The highest BCUT2D eigenvalue weighted by Gasteiger charge is 2.11. The minimum absolute atomic E-state index is 0.285. The van der Waals surface area contributed by atoms with Gasteiger partial charge in [0.1, 0.15) is 11.5 Å². The fraction of sp³-hybridized carbons (Fsp3) is 0.200. The monoisotopic (exact) mass is 298 g/mol. The quantitative estimate of drug-likeness (QED) is 0.596. The summed E-state index contributed by atoms with van der Waals surface area (Å²) in [5, 5.41) is 17.0. The van der Waals surface area contributed by atoms with Crippen molar-refractivity contribution in [1.29, 1.82) is 0 Å². The van der Waals surface area contributed by atoms with Crippen molar-refractivity contribution in [1.82, 2.24) is 19.8 Å². The van der Waals surface area contributed by atoms with E-state index in [1.807, 2.05) is 26.8 Å². The molecule has 0 fully saturated rings. The smallest absolute Gasteiger partial charge is 0.177 e. The summed E-state index contributed by atoms with van der Waals surface area (Å²) in [6.45, 7) is 5.65. The Morgan fingerprint density at radius 3 is 2.64 bits per heavy atom. The highest BCUT2D eigenvalue weighted by Crippen LogP contribution is 2.11. The molecule has 0 atom stereocenters. The summed E-state index contributed by atoms with van der Waals surface area (Å²) in [6, 6.07) is 7.84. The Kier molecular flexibility index (Phi) is 3.54. The van der Waals surface area contributed by atoms with Gasteiger partial charge in [-0.2, -0.15) is 10.2 Å². The van der Waals surface area contributed by atoms with Gasteiger partial charge in [0, 0.05) is 6.07 Å². The number of fused-ring (bicyclic) bond motifs is 1. The molecular formula is C15H15FN6. The predicted molar refractivity (Wildman–Crippen MR) is 82.5 cm³/mol. The zero-order valence-electron chi connectivity index (χ0n) is 12.5. The lowest BCUT2D eigenvalue weighted by Gasteiger charge is -2.06. The molecule has 112 valence electrons. The summed E-state index contributed by atoms with van der Waals surface area (Å²) in [4.78, 5) is 0. The lowest BCUT2D eigenvalue weighted by molar-refractivity contribution is 0.628. The molecule has 22 heavy (non-hydrogen) atoms. The van der Waals surface area contributed by atoms with E-state index in [2.05, 4.69) is 25.8 Å². The van der Waals surface area contributed by atoms with Crippen molar-refractivity contribution in [2.45, 2.75) is 20.8 Å². The van der Waals surface area contributed by atoms with Crippen LogP contribution < -0.4 is 5.43 Å². The maximum absolute atomic E-state index is 12.9. The summed E-state index contributed by atoms with van der Waals surface area (Å²) in [5.74, 6) is -0.285. The van der Waals surface area contributed by atoms with Crippen LogP contribution in [0.1, 0.15) is 24.0 Å². The van der Waals surface area contributed by atoms with Crippen LogP contribution in [-0.4, -0.2) is 25.5 Å². The number of anilines is 1. The standard InChI is InChI=1S/C15H15FN6/c1-9-8-14-19-20-15(11(3)22(14)21-9)10(2)17-18-13-6-4-12(16)5-7-13/h4-8,18H,1-3H3/b17-10-. The molecule has 0 radical (unpaired) electrons. The summed E-state index contributed by atoms with van der Waals surface area (Å²) in [6.07, 6.45) is 0. The molecule has 0 aliphatic rings. The number of hydrazone groups is 1. The number of aromatic nitrogens is 4. The fourth-order valence-electron chi connectivity index (χ4n) is 2.14. The van der Waals surface area contributed by atoms with E-state index in [0.717, 1.165) is 11.4 Å². The molecule has 0 saturated carbocycles. The Morgan fingerprint density at radius 1 is 1.18 bits per heavy atom. The zero-order chi connectivity index (χ0) is 15.7. The van der Waals surface area contributed by atoms with Crippen molar-refractivity contribution in [2.24, 2.45) is 5.10 Å². The molecule has 3 aromatic rings. The average Bonchev–Trinajstić information content (AvgIpc) is 2.88. The molecule has 7 heteroatoms. The molecular weight excluding hydrogens is 283 g/mol. The van der Waals surface area contributed by atoms with Crippen LogP contribution in [0.25, 0.3) is 5.65 Å². The zero-order valence-corrected chi connectivity index (χ0v) is 12.5. The first-order valence-electron chi connectivity index (χ1n) is 6.80. The van der Waals surface area contributed by atoms with Crippen molar-refractivity contribution in [3.05, 3.63) is 53.2 Å². The van der Waals surface area contributed by atoms with E-state index in [4.69, 9.17) is 0 Å². The lowest BCUT2D eigenvalue weighted by Crippen LogP contribution is -2.11. The number of benzene rings is 1. The first-order valence-corrected chi connectivity index (χ1v) is 6.80. The number of rotatable bonds is 3. The number of aryl methyl sites for hydroxylation is 2. The van der Waals surface area contributed by atoms with Crippen molar-refractivity contribution in [2.75, 3.05) is 5.43 Å². The van der Waals surface area contributed by atoms with Gasteiger partial charge in [-0.1, -0.05) is 0 Å². The number of nitrogens with one attached hydrogen (secondary N) is 1. The minimum atomic E-state index is -0.285. The molecule has 0 bridgehead atoms. The van der Waals surface area contributed by atoms with E-state index in [9.17, 15) is 4.39 Å². The van der Waals surface area contributed by atoms with Crippen molar-refractivity contribution in [3.8, 4) is 0 Å². The van der Waals surface area contributed by atoms with Crippen molar-refractivity contribution < 1.29 is 4.39 Å². The van der Waals surface area contributed by atoms with Crippen LogP contribution in [0.3, 0.4) is 0 Å². The molecule has 0 aliphatic carbocycles. The van der Waals surface area contributed by atoms with Gasteiger partial charge in [0.05, 0.1) is 22.8 Å². The van der Waals surface area contributed by atoms with Crippen LogP contribution in [0.4, 0.5) is 10.1 Å². The first kappa shape index (κ1) is 14.1. The molecule has 6 nitrogen and oxygen atoms in total. The van der Waals surface area contributed by atoms with Crippen LogP contribution in [0, 0.1) is 19.7 Å². The Bertz CT molecular complexity index is 850. The number of hydrogen-bond donors (Lipinski definition) is 1. The Balaban J connectivity index is 1.90. The molecule has 3 rings (SSSR count). The topological polar surface area (TPSA) is 67.5 Å². The van der Waals surface area contributed by atoms with E-state index in [-0.39, 0.29) is 5.82 Å². The third-order valence-electron chi connectivity index (χ3n) is 3.27. The first-order chi connectivity index (χ1) is 10.5. The summed E-state index contributed by atoms with van der Waals surface area (Å²) in [7, 11) is 0.